The first-order valence-corrected chi connectivity index (χ1v) is 11.2. The van der Waals surface area contributed by atoms with Gasteiger partial charge >= 0.3 is 0 Å². The summed E-state index contributed by atoms with van der Waals surface area (Å²) in [5.41, 5.74) is 6.02. The minimum atomic E-state index is 0.128. The number of nitrogens with one attached hydrogen (secondary N) is 1. The highest BCUT2D eigenvalue weighted by Crippen LogP contribution is 2.30. The lowest BCUT2D eigenvalue weighted by molar-refractivity contribution is 0.374. The molecule has 0 saturated carbocycles. The van der Waals surface area contributed by atoms with Crippen LogP contribution in [0.15, 0.2) is 89.6 Å². The van der Waals surface area contributed by atoms with Crippen molar-refractivity contribution in [3.63, 3.8) is 0 Å². The van der Waals surface area contributed by atoms with Crippen molar-refractivity contribution in [2.75, 3.05) is 0 Å². The quantitative estimate of drug-likeness (QED) is 0.211. The van der Waals surface area contributed by atoms with Gasteiger partial charge < -0.3 is 9.51 Å². The third-order valence-corrected chi connectivity index (χ3v) is 6.22. The number of fused-ring (bicyclic) bond motifs is 1. The standard InChI is InChI=1S/C25H20IN3O/c26-22(15-20-16-27-23-9-5-4-8-21(20)23)25-28-24(29-30-25)14-17-10-12-19(13-11-17)18-6-2-1-3-7-18/h1-13,16,22,27H,14-15H2/t22-/m0/s1. The van der Waals surface area contributed by atoms with Gasteiger partial charge in [-0.2, -0.15) is 4.98 Å². The number of benzene rings is 3. The van der Waals surface area contributed by atoms with E-state index in [0.717, 1.165) is 17.8 Å². The third kappa shape index (κ3) is 4.03. The van der Waals surface area contributed by atoms with Gasteiger partial charge in [0.05, 0.1) is 3.92 Å². The number of aromatic nitrogens is 3. The molecule has 5 rings (SSSR count). The van der Waals surface area contributed by atoms with Crippen LogP contribution >= 0.6 is 22.6 Å². The van der Waals surface area contributed by atoms with Crippen LogP contribution in [0.4, 0.5) is 0 Å². The molecular weight excluding hydrogens is 485 g/mol. The van der Waals surface area contributed by atoms with Crippen molar-refractivity contribution in [1.82, 2.24) is 15.1 Å². The Balaban J connectivity index is 1.27. The van der Waals surface area contributed by atoms with Crippen LogP contribution in [0.5, 0.6) is 0 Å². The summed E-state index contributed by atoms with van der Waals surface area (Å²) in [6, 6.07) is 27.3. The van der Waals surface area contributed by atoms with Crippen LogP contribution in [0, 0.1) is 0 Å². The lowest BCUT2D eigenvalue weighted by atomic mass is 10.0. The summed E-state index contributed by atoms with van der Waals surface area (Å²) in [6.07, 6.45) is 3.58. The Labute approximate surface area is 188 Å². The van der Waals surface area contributed by atoms with E-state index in [4.69, 9.17) is 4.52 Å². The van der Waals surface area contributed by atoms with E-state index in [-0.39, 0.29) is 3.92 Å². The first-order chi connectivity index (χ1) is 14.8. The van der Waals surface area contributed by atoms with Gasteiger partial charge in [-0.3, -0.25) is 0 Å². The second kappa shape index (κ2) is 8.44. The third-order valence-electron chi connectivity index (χ3n) is 5.25. The molecule has 0 bridgehead atoms. The van der Waals surface area contributed by atoms with Gasteiger partial charge in [-0.05, 0) is 34.7 Å². The van der Waals surface area contributed by atoms with E-state index in [2.05, 4.69) is 111 Å². The summed E-state index contributed by atoms with van der Waals surface area (Å²) in [4.78, 5) is 7.98. The predicted octanol–water partition coefficient (Wildman–Crippen LogP) is 6.53. The molecule has 148 valence electrons. The summed E-state index contributed by atoms with van der Waals surface area (Å²) in [6.45, 7) is 0. The number of nitrogens with zero attached hydrogens (tertiary/aromatic N) is 2. The zero-order chi connectivity index (χ0) is 20.3. The maximum absolute atomic E-state index is 5.57. The molecule has 1 N–H and O–H groups in total. The van der Waals surface area contributed by atoms with Gasteiger partial charge in [-0.15, -0.1) is 0 Å². The number of para-hydroxylation sites is 1. The van der Waals surface area contributed by atoms with Crippen LogP contribution in [-0.2, 0) is 12.8 Å². The summed E-state index contributed by atoms with van der Waals surface area (Å²) in [7, 11) is 0. The molecule has 0 radical (unpaired) electrons. The minimum Gasteiger partial charge on any atom is -0.361 e. The lowest BCUT2D eigenvalue weighted by Gasteiger charge is -2.04. The van der Waals surface area contributed by atoms with E-state index in [1.54, 1.807) is 0 Å². The molecule has 0 unspecified atom stereocenters. The number of hydrogen-bond acceptors (Lipinski definition) is 3. The molecule has 0 amide bonds. The Morgan fingerprint density at radius 1 is 0.867 bits per heavy atom. The van der Waals surface area contributed by atoms with Crippen molar-refractivity contribution in [3.8, 4) is 11.1 Å². The van der Waals surface area contributed by atoms with Crippen molar-refractivity contribution in [2.24, 2.45) is 0 Å². The van der Waals surface area contributed by atoms with Crippen molar-refractivity contribution >= 4 is 33.5 Å². The van der Waals surface area contributed by atoms with Crippen molar-refractivity contribution < 1.29 is 4.52 Å². The maximum atomic E-state index is 5.57. The van der Waals surface area contributed by atoms with Gasteiger partial charge in [0.2, 0.25) is 5.89 Å². The number of alkyl halides is 1. The fourth-order valence-electron chi connectivity index (χ4n) is 3.68. The summed E-state index contributed by atoms with van der Waals surface area (Å²) < 4.78 is 5.70. The summed E-state index contributed by atoms with van der Waals surface area (Å²) >= 11 is 2.39. The van der Waals surface area contributed by atoms with Gasteiger partial charge in [-0.25, -0.2) is 0 Å². The van der Waals surface area contributed by atoms with E-state index in [9.17, 15) is 0 Å². The monoisotopic (exact) mass is 505 g/mol. The van der Waals surface area contributed by atoms with Crippen LogP contribution in [0.3, 0.4) is 0 Å². The molecule has 2 heterocycles. The molecule has 5 heteroatoms. The Bertz CT molecular complexity index is 1260. The highest BCUT2D eigenvalue weighted by molar-refractivity contribution is 14.1. The van der Waals surface area contributed by atoms with E-state index >= 15 is 0 Å². The topological polar surface area (TPSA) is 54.7 Å². The Morgan fingerprint density at radius 3 is 2.43 bits per heavy atom. The van der Waals surface area contributed by atoms with Gasteiger partial charge in [-0.1, -0.05) is 101 Å². The maximum Gasteiger partial charge on any atom is 0.239 e. The molecule has 5 aromatic rings. The largest absolute Gasteiger partial charge is 0.361 e. The number of rotatable bonds is 6. The SMILES string of the molecule is I[C@@H](Cc1c[nH]c2ccccc12)c1nc(Cc2ccc(-c3ccccc3)cc2)no1. The molecular formula is C25H20IN3O. The second-order valence-corrected chi connectivity index (χ2v) is 8.82. The van der Waals surface area contributed by atoms with E-state index in [1.165, 1.54) is 27.6 Å². The van der Waals surface area contributed by atoms with Crippen LogP contribution in [-0.4, -0.2) is 15.1 Å². The molecule has 30 heavy (non-hydrogen) atoms. The van der Waals surface area contributed by atoms with Crippen LogP contribution in [0.2, 0.25) is 0 Å². The smallest absolute Gasteiger partial charge is 0.239 e. The van der Waals surface area contributed by atoms with Gasteiger partial charge in [0.25, 0.3) is 0 Å². The zero-order valence-corrected chi connectivity index (χ0v) is 18.4. The molecule has 0 aliphatic heterocycles. The van der Waals surface area contributed by atoms with Gasteiger partial charge in [0, 0.05) is 23.5 Å². The fraction of sp³-hybridized carbons (Fsp3) is 0.120. The van der Waals surface area contributed by atoms with E-state index in [0.29, 0.717) is 12.3 Å². The van der Waals surface area contributed by atoms with Gasteiger partial charge in [0.1, 0.15) is 0 Å². The number of aromatic amines is 1. The summed E-state index contributed by atoms with van der Waals surface area (Å²) in [5, 5.41) is 5.45. The highest BCUT2D eigenvalue weighted by atomic mass is 127. The van der Waals surface area contributed by atoms with E-state index < -0.39 is 0 Å². The number of halogens is 1. The molecule has 0 saturated heterocycles. The molecule has 0 aliphatic carbocycles. The number of hydrogen-bond donors (Lipinski definition) is 1. The average Bonchev–Trinajstić information content (AvgIpc) is 3.42. The number of H-pyrrole nitrogens is 1. The Hall–Kier alpha value is -2.93. The minimum absolute atomic E-state index is 0.128. The van der Waals surface area contributed by atoms with Crippen molar-refractivity contribution in [2.45, 2.75) is 16.8 Å². The first kappa shape index (κ1) is 19.1. The molecule has 4 nitrogen and oxygen atoms in total. The first-order valence-electron chi connectivity index (χ1n) is 9.92. The van der Waals surface area contributed by atoms with Crippen LogP contribution in [0.25, 0.3) is 22.0 Å². The highest BCUT2D eigenvalue weighted by Gasteiger charge is 2.18. The molecule has 2 aromatic heterocycles. The summed E-state index contributed by atoms with van der Waals surface area (Å²) in [5.74, 6) is 1.40. The normalized spacial score (nSPS) is 12.3. The Kier molecular flexibility index (Phi) is 5.36. The zero-order valence-electron chi connectivity index (χ0n) is 16.3. The van der Waals surface area contributed by atoms with Crippen molar-refractivity contribution in [3.05, 3.63) is 108 Å². The van der Waals surface area contributed by atoms with Crippen LogP contribution in [0.1, 0.15) is 26.8 Å². The lowest BCUT2D eigenvalue weighted by Crippen LogP contribution is -1.96. The van der Waals surface area contributed by atoms with E-state index in [1.807, 2.05) is 12.1 Å². The van der Waals surface area contributed by atoms with Crippen LogP contribution < -0.4 is 0 Å². The fourth-order valence-corrected chi connectivity index (χ4v) is 4.40. The molecule has 0 spiro atoms. The van der Waals surface area contributed by atoms with Crippen molar-refractivity contribution in [1.29, 1.82) is 0 Å². The Morgan fingerprint density at radius 2 is 1.60 bits per heavy atom. The molecule has 0 aliphatic rings. The second-order valence-electron chi connectivity index (χ2n) is 7.32. The molecule has 3 aromatic carbocycles. The average molecular weight is 505 g/mol. The van der Waals surface area contributed by atoms with Gasteiger partial charge in [0.15, 0.2) is 5.82 Å². The predicted molar refractivity (Wildman–Crippen MR) is 128 cm³/mol. The molecule has 0 fully saturated rings. The molecule has 1 atom stereocenters.